The van der Waals surface area contributed by atoms with Gasteiger partial charge in [0, 0.05) is 32.7 Å². The van der Waals surface area contributed by atoms with Gasteiger partial charge in [-0.15, -0.1) is 0 Å². The van der Waals surface area contributed by atoms with Crippen LogP contribution in [0.3, 0.4) is 0 Å². The van der Waals surface area contributed by atoms with E-state index >= 15 is 0 Å². The lowest BCUT2D eigenvalue weighted by molar-refractivity contribution is 1.16. The molecule has 8 heteroatoms. The Bertz CT molecular complexity index is 4870. The van der Waals surface area contributed by atoms with Gasteiger partial charge in [0.2, 0.25) is 0 Å². The Balaban J connectivity index is 1.12. The summed E-state index contributed by atoms with van der Waals surface area (Å²) in [4.78, 5) is 7.47. The standard InChI is InChI=1S/C73H40N8/c1-45-30-48(43-76)16-23-61(45)58-22-29-68(80-69-25-18-54(50-10-4-8-46(31-50)41-74)36-64(69)65-38-56(20-26-70(65)80)52-12-6-14-59(34-52)78-2)63(40-58)62-24-17-49(44-77)33-73(62)81-71-27-19-55(51-11-5-9-47(32-51)42-75)37-66(71)67-39-57(21-28-72(67)81)53-13-7-15-60(35-53)79-3/h4-40H,1H3. The van der Waals surface area contributed by atoms with Crippen LogP contribution in [0.4, 0.5) is 11.4 Å². The Morgan fingerprint density at radius 2 is 0.679 bits per heavy atom. The van der Waals surface area contributed by atoms with E-state index in [1.807, 2.05) is 128 Å². The van der Waals surface area contributed by atoms with Crippen molar-refractivity contribution >= 4 is 55.0 Å². The molecular formula is C73H40N8. The molecule has 2 aromatic heterocycles. The van der Waals surface area contributed by atoms with Gasteiger partial charge >= 0.3 is 0 Å². The molecule has 0 saturated carbocycles. The number of aryl methyl sites for hydroxylation is 1. The lowest BCUT2D eigenvalue weighted by Crippen LogP contribution is -2.03. The van der Waals surface area contributed by atoms with E-state index in [0.717, 1.165) is 127 Å². The first-order valence-corrected chi connectivity index (χ1v) is 26.1. The summed E-state index contributed by atoms with van der Waals surface area (Å²) in [6, 6.07) is 83.7. The Hall–Kier alpha value is -12.0. The minimum absolute atomic E-state index is 0.474. The maximum atomic E-state index is 10.8. The number of fused-ring (bicyclic) bond motifs is 6. The summed E-state index contributed by atoms with van der Waals surface area (Å²) in [5, 5.41) is 44.4. The number of hydrogen-bond acceptors (Lipinski definition) is 4. The van der Waals surface area contributed by atoms with E-state index in [1.165, 1.54) is 0 Å². The summed E-state index contributed by atoms with van der Waals surface area (Å²) in [6.45, 7) is 17.6. The van der Waals surface area contributed by atoms with E-state index < -0.39 is 0 Å². The van der Waals surface area contributed by atoms with Gasteiger partial charge in [-0.1, -0.05) is 103 Å². The predicted molar refractivity (Wildman–Crippen MR) is 324 cm³/mol. The molecule has 0 saturated heterocycles. The van der Waals surface area contributed by atoms with Crippen molar-refractivity contribution in [2.24, 2.45) is 0 Å². The zero-order chi connectivity index (χ0) is 55.3. The Morgan fingerprint density at radius 3 is 1.11 bits per heavy atom. The summed E-state index contributed by atoms with van der Waals surface area (Å²) in [6.07, 6.45) is 0. The fourth-order valence-corrected chi connectivity index (χ4v) is 11.5. The zero-order valence-electron chi connectivity index (χ0n) is 43.4. The van der Waals surface area contributed by atoms with E-state index in [2.05, 4.69) is 134 Å². The number of rotatable bonds is 8. The fourth-order valence-electron chi connectivity index (χ4n) is 11.5. The molecule has 372 valence electrons. The van der Waals surface area contributed by atoms with E-state index in [-0.39, 0.29) is 0 Å². The minimum atomic E-state index is 0.474. The van der Waals surface area contributed by atoms with Crippen LogP contribution in [0.1, 0.15) is 27.8 Å². The van der Waals surface area contributed by atoms with Crippen LogP contribution in [0.25, 0.3) is 131 Å². The van der Waals surface area contributed by atoms with Crippen LogP contribution in [-0.2, 0) is 0 Å². The summed E-state index contributed by atoms with van der Waals surface area (Å²) < 4.78 is 4.55. The molecule has 0 N–H and O–H groups in total. The van der Waals surface area contributed by atoms with Crippen LogP contribution >= 0.6 is 0 Å². The molecular weight excluding hydrogens is 989 g/mol. The first-order valence-electron chi connectivity index (χ1n) is 26.1. The van der Waals surface area contributed by atoms with Gasteiger partial charge in [0.1, 0.15) is 0 Å². The van der Waals surface area contributed by atoms with Gasteiger partial charge in [-0.05, 0) is 189 Å². The van der Waals surface area contributed by atoms with Gasteiger partial charge in [0.05, 0.1) is 93.1 Å². The highest BCUT2D eigenvalue weighted by Crippen LogP contribution is 2.46. The van der Waals surface area contributed by atoms with Crippen LogP contribution in [-0.4, -0.2) is 9.13 Å². The molecule has 0 fully saturated rings. The Kier molecular flexibility index (Phi) is 11.9. The number of nitriles is 4. The Labute approximate surface area is 467 Å². The fraction of sp³-hybridized carbons (Fsp3) is 0.0137. The largest absolute Gasteiger partial charge is 0.309 e. The lowest BCUT2D eigenvalue weighted by Gasteiger charge is -2.20. The molecule has 81 heavy (non-hydrogen) atoms. The van der Waals surface area contributed by atoms with Crippen LogP contribution in [0.15, 0.2) is 224 Å². The van der Waals surface area contributed by atoms with Gasteiger partial charge in [0.15, 0.2) is 11.4 Å². The van der Waals surface area contributed by atoms with Crippen molar-refractivity contribution in [3.63, 3.8) is 0 Å². The molecule has 0 radical (unpaired) electrons. The van der Waals surface area contributed by atoms with Crippen molar-refractivity contribution in [1.82, 2.24) is 9.13 Å². The van der Waals surface area contributed by atoms with Crippen molar-refractivity contribution in [3.8, 4) is 102 Å². The Morgan fingerprint density at radius 1 is 0.309 bits per heavy atom. The van der Waals surface area contributed by atoms with Crippen molar-refractivity contribution in [2.45, 2.75) is 6.92 Å². The van der Waals surface area contributed by atoms with Crippen LogP contribution in [0.5, 0.6) is 0 Å². The summed E-state index contributed by atoms with van der Waals surface area (Å²) in [5.74, 6) is 0. The number of nitrogens with zero attached hydrogens (tertiary/aromatic N) is 8. The van der Waals surface area contributed by atoms with E-state index in [0.29, 0.717) is 33.6 Å². The maximum absolute atomic E-state index is 10.8. The third kappa shape index (κ3) is 8.46. The van der Waals surface area contributed by atoms with E-state index in [4.69, 9.17) is 13.1 Å². The highest BCUT2D eigenvalue weighted by atomic mass is 15.0. The van der Waals surface area contributed by atoms with Crippen molar-refractivity contribution < 1.29 is 0 Å². The SMILES string of the molecule is [C-]#[N+]c1cccc(-c2ccc3c(c2)c2cc(-c4cccc(C#N)c4)ccc2n3-c2ccc(-c3ccc(C#N)cc3C)cc2-c2ccc(C#N)cc2-n2c3ccc(-c4cccc(C#N)c4)cc3c3cc(-c4cccc([N+]#[C-])c4)ccc32)c1. The van der Waals surface area contributed by atoms with Crippen molar-refractivity contribution in [2.75, 3.05) is 0 Å². The molecule has 0 bridgehead atoms. The average molecular weight is 1030 g/mol. The van der Waals surface area contributed by atoms with Crippen molar-refractivity contribution in [3.05, 3.63) is 275 Å². The third-order valence-electron chi connectivity index (χ3n) is 15.4. The number of aromatic nitrogens is 2. The second-order valence-corrected chi connectivity index (χ2v) is 20.0. The molecule has 0 amide bonds. The quantitative estimate of drug-likeness (QED) is 0.141. The van der Waals surface area contributed by atoms with Crippen LogP contribution in [0.2, 0.25) is 0 Å². The van der Waals surface area contributed by atoms with Gasteiger partial charge in [-0.3, -0.25) is 0 Å². The second kappa shape index (κ2) is 19.8. The average Bonchev–Trinajstić information content (AvgIpc) is 4.25. The zero-order valence-corrected chi connectivity index (χ0v) is 43.4. The topological polar surface area (TPSA) is 114 Å². The molecule has 0 aliphatic heterocycles. The molecule has 2 heterocycles. The lowest BCUT2D eigenvalue weighted by atomic mass is 9.92. The second-order valence-electron chi connectivity index (χ2n) is 20.0. The van der Waals surface area contributed by atoms with Gasteiger partial charge in [-0.25, -0.2) is 9.69 Å². The first kappa shape index (κ1) is 48.6. The normalized spacial score (nSPS) is 11.0. The maximum Gasteiger partial charge on any atom is 0.187 e. The molecule has 0 spiro atoms. The molecule has 11 aromatic carbocycles. The van der Waals surface area contributed by atoms with Gasteiger partial charge in [0.25, 0.3) is 0 Å². The van der Waals surface area contributed by atoms with Gasteiger partial charge in [-0.2, -0.15) is 21.0 Å². The molecule has 13 aromatic rings. The molecule has 0 aliphatic carbocycles. The highest BCUT2D eigenvalue weighted by molar-refractivity contribution is 6.14. The van der Waals surface area contributed by atoms with E-state index in [9.17, 15) is 21.0 Å². The van der Waals surface area contributed by atoms with Crippen LogP contribution in [0, 0.1) is 65.4 Å². The smallest absolute Gasteiger partial charge is 0.187 e. The molecule has 13 rings (SSSR count). The first-order chi connectivity index (χ1) is 39.7. The summed E-state index contributed by atoms with van der Waals surface area (Å²) in [7, 11) is 0. The predicted octanol–water partition coefficient (Wildman–Crippen LogP) is 18.8. The molecule has 8 nitrogen and oxygen atoms in total. The van der Waals surface area contributed by atoms with Gasteiger partial charge < -0.3 is 9.13 Å². The summed E-state index contributed by atoms with van der Waals surface area (Å²) in [5.41, 5.74) is 20.6. The van der Waals surface area contributed by atoms with Crippen molar-refractivity contribution in [1.29, 1.82) is 21.0 Å². The molecule has 0 atom stereocenters. The number of hydrogen-bond donors (Lipinski definition) is 0. The highest BCUT2D eigenvalue weighted by Gasteiger charge is 2.24. The van der Waals surface area contributed by atoms with E-state index in [1.54, 1.807) is 12.1 Å². The number of benzene rings is 11. The summed E-state index contributed by atoms with van der Waals surface area (Å²) >= 11 is 0. The van der Waals surface area contributed by atoms with Crippen LogP contribution < -0.4 is 0 Å². The minimum Gasteiger partial charge on any atom is -0.309 e. The monoisotopic (exact) mass is 1030 g/mol. The third-order valence-corrected chi connectivity index (χ3v) is 15.4. The molecule has 0 aliphatic rings. The molecule has 0 unspecified atom stereocenters.